The van der Waals surface area contributed by atoms with E-state index < -0.39 is 0 Å². The summed E-state index contributed by atoms with van der Waals surface area (Å²) < 4.78 is 0. The number of carbonyl (C=O) groups is 2. The summed E-state index contributed by atoms with van der Waals surface area (Å²) in [5, 5.41) is 0. The molecule has 140 valence electrons. The third kappa shape index (κ3) is 3.70. The second kappa shape index (κ2) is 7.47. The largest absolute Gasteiger partial charge is 0.338 e. The van der Waals surface area contributed by atoms with E-state index in [9.17, 15) is 9.59 Å². The number of benzene rings is 1. The average Bonchev–Trinajstić information content (AvgIpc) is 3.18. The molecule has 2 aliphatic heterocycles. The van der Waals surface area contributed by atoms with Gasteiger partial charge in [-0.25, -0.2) is 9.97 Å². The van der Waals surface area contributed by atoms with Crippen LogP contribution in [-0.2, 0) is 29.0 Å². The molecular weight excluding hydrogens is 340 g/mol. The van der Waals surface area contributed by atoms with Gasteiger partial charge in [-0.1, -0.05) is 30.3 Å². The summed E-state index contributed by atoms with van der Waals surface area (Å²) in [7, 11) is 0. The second-order valence-electron chi connectivity index (χ2n) is 7.30. The van der Waals surface area contributed by atoms with Crippen molar-refractivity contribution in [1.29, 1.82) is 0 Å². The zero-order valence-corrected chi connectivity index (χ0v) is 15.6. The number of hydrogen-bond donors (Lipinski definition) is 0. The molecule has 1 aromatic carbocycles. The molecule has 0 spiro atoms. The van der Waals surface area contributed by atoms with E-state index in [4.69, 9.17) is 4.98 Å². The Kier molecular flexibility index (Phi) is 4.88. The van der Waals surface area contributed by atoms with E-state index in [0.717, 1.165) is 48.5 Å². The molecule has 4 rings (SSSR count). The van der Waals surface area contributed by atoms with Crippen LogP contribution >= 0.6 is 0 Å². The van der Waals surface area contributed by atoms with Gasteiger partial charge in [0, 0.05) is 44.7 Å². The smallest absolute Gasteiger partial charge is 0.227 e. The highest BCUT2D eigenvalue weighted by Gasteiger charge is 2.32. The number of fused-ring (bicyclic) bond motifs is 1. The zero-order chi connectivity index (χ0) is 18.8. The van der Waals surface area contributed by atoms with E-state index in [1.807, 2.05) is 46.3 Å². The minimum Gasteiger partial charge on any atom is -0.338 e. The van der Waals surface area contributed by atoms with E-state index in [2.05, 4.69) is 4.98 Å². The first kappa shape index (κ1) is 17.6. The Labute approximate surface area is 159 Å². The van der Waals surface area contributed by atoms with Crippen molar-refractivity contribution < 1.29 is 9.59 Å². The molecule has 6 nitrogen and oxygen atoms in total. The summed E-state index contributed by atoms with van der Waals surface area (Å²) in [4.78, 5) is 37.5. The summed E-state index contributed by atoms with van der Waals surface area (Å²) in [6.07, 6.45) is 4.87. The summed E-state index contributed by atoms with van der Waals surface area (Å²) in [5.41, 5.74) is 3.06. The van der Waals surface area contributed by atoms with E-state index in [-0.39, 0.29) is 17.9 Å². The number of rotatable bonds is 3. The van der Waals surface area contributed by atoms with Crippen LogP contribution in [0.4, 0.5) is 0 Å². The molecule has 6 heteroatoms. The first-order valence-electron chi connectivity index (χ1n) is 9.55. The normalized spacial score (nSPS) is 19.1. The van der Waals surface area contributed by atoms with Gasteiger partial charge >= 0.3 is 0 Å². The van der Waals surface area contributed by atoms with Gasteiger partial charge < -0.3 is 9.80 Å². The predicted octanol–water partition coefficient (Wildman–Crippen LogP) is 2.29. The van der Waals surface area contributed by atoms with Crippen molar-refractivity contribution in [2.45, 2.75) is 45.2 Å². The van der Waals surface area contributed by atoms with Crippen molar-refractivity contribution in [1.82, 2.24) is 19.8 Å². The average molecular weight is 364 g/mol. The van der Waals surface area contributed by atoms with Gasteiger partial charge in [0.05, 0.1) is 18.2 Å². The van der Waals surface area contributed by atoms with Crippen LogP contribution in [-0.4, -0.2) is 44.7 Å². The summed E-state index contributed by atoms with van der Waals surface area (Å²) in [6.45, 7) is 3.62. The van der Waals surface area contributed by atoms with Gasteiger partial charge in [0.15, 0.2) is 5.82 Å². The summed E-state index contributed by atoms with van der Waals surface area (Å²) in [6, 6.07) is 9.80. The summed E-state index contributed by atoms with van der Waals surface area (Å²) >= 11 is 0. The van der Waals surface area contributed by atoms with E-state index in [1.54, 1.807) is 6.92 Å². The third-order valence-corrected chi connectivity index (χ3v) is 5.47. The quantitative estimate of drug-likeness (QED) is 0.838. The maximum absolute atomic E-state index is 12.8. The monoisotopic (exact) mass is 364 g/mol. The van der Waals surface area contributed by atoms with Gasteiger partial charge in [-0.3, -0.25) is 9.59 Å². The fourth-order valence-electron chi connectivity index (χ4n) is 3.97. The minimum atomic E-state index is -0.0441. The molecule has 0 radical (unpaired) electrons. The highest BCUT2D eigenvalue weighted by Crippen LogP contribution is 2.31. The zero-order valence-electron chi connectivity index (χ0n) is 15.6. The van der Waals surface area contributed by atoms with Gasteiger partial charge in [0.25, 0.3) is 0 Å². The molecule has 0 aliphatic carbocycles. The summed E-state index contributed by atoms with van der Waals surface area (Å²) in [5.74, 6) is 0.954. The molecule has 0 saturated carbocycles. The molecule has 3 heterocycles. The molecule has 1 saturated heterocycles. The van der Waals surface area contributed by atoms with Gasteiger partial charge in [-0.05, 0) is 18.4 Å². The minimum absolute atomic E-state index is 0.0441. The SMILES string of the molecule is CC(=O)N1CCc2nc(C3CCCN3C(=O)Cc3ccccc3)ncc2C1. The Morgan fingerprint density at radius 2 is 2.00 bits per heavy atom. The first-order valence-corrected chi connectivity index (χ1v) is 9.55. The number of aromatic nitrogens is 2. The lowest BCUT2D eigenvalue weighted by Crippen LogP contribution is -2.36. The van der Waals surface area contributed by atoms with Gasteiger partial charge in [-0.15, -0.1) is 0 Å². The lowest BCUT2D eigenvalue weighted by atomic mass is 10.1. The Hall–Kier alpha value is -2.76. The molecule has 27 heavy (non-hydrogen) atoms. The number of carbonyl (C=O) groups excluding carboxylic acids is 2. The van der Waals surface area contributed by atoms with E-state index in [0.29, 0.717) is 19.5 Å². The third-order valence-electron chi connectivity index (χ3n) is 5.47. The maximum Gasteiger partial charge on any atom is 0.227 e. The maximum atomic E-state index is 12.8. The van der Waals surface area contributed by atoms with Crippen LogP contribution in [0.5, 0.6) is 0 Å². The van der Waals surface area contributed by atoms with Crippen molar-refractivity contribution in [3.8, 4) is 0 Å². The number of likely N-dealkylation sites (tertiary alicyclic amines) is 1. The standard InChI is InChI=1S/C21H24N4O2/c1-15(26)24-11-9-18-17(14-24)13-22-21(23-18)19-8-5-10-25(19)20(27)12-16-6-3-2-4-7-16/h2-4,6-7,13,19H,5,8-12,14H2,1H3. The fraction of sp³-hybridized carbons (Fsp3) is 0.429. The van der Waals surface area contributed by atoms with Crippen molar-refractivity contribution in [3.05, 3.63) is 59.2 Å². The molecule has 1 fully saturated rings. The van der Waals surface area contributed by atoms with E-state index >= 15 is 0 Å². The van der Waals surface area contributed by atoms with Gasteiger partial charge in [-0.2, -0.15) is 0 Å². The second-order valence-corrected chi connectivity index (χ2v) is 7.30. The molecule has 2 aliphatic rings. The molecular formula is C21H24N4O2. The van der Waals surface area contributed by atoms with Crippen LogP contribution in [0.25, 0.3) is 0 Å². The number of nitrogens with zero attached hydrogens (tertiary/aromatic N) is 4. The topological polar surface area (TPSA) is 66.4 Å². The molecule has 0 N–H and O–H groups in total. The number of amides is 2. The van der Waals surface area contributed by atoms with Crippen molar-refractivity contribution in [2.24, 2.45) is 0 Å². The molecule has 1 unspecified atom stereocenters. The predicted molar refractivity (Wildman–Crippen MR) is 101 cm³/mol. The first-order chi connectivity index (χ1) is 13.1. The van der Waals surface area contributed by atoms with Crippen LogP contribution in [0.3, 0.4) is 0 Å². The molecule has 1 atom stereocenters. The number of hydrogen-bond acceptors (Lipinski definition) is 4. The lowest BCUT2D eigenvalue weighted by Gasteiger charge is -2.28. The molecule has 1 aromatic heterocycles. The van der Waals surface area contributed by atoms with Gasteiger partial charge in [0.2, 0.25) is 11.8 Å². The Morgan fingerprint density at radius 3 is 2.78 bits per heavy atom. The van der Waals surface area contributed by atoms with E-state index in [1.165, 1.54) is 0 Å². The highest BCUT2D eigenvalue weighted by molar-refractivity contribution is 5.79. The Bertz CT molecular complexity index is 853. The van der Waals surface area contributed by atoms with Crippen LogP contribution in [0.1, 0.15) is 48.5 Å². The van der Waals surface area contributed by atoms with Crippen molar-refractivity contribution in [2.75, 3.05) is 13.1 Å². The Balaban J connectivity index is 1.51. The van der Waals surface area contributed by atoms with Crippen LogP contribution in [0.2, 0.25) is 0 Å². The van der Waals surface area contributed by atoms with Crippen molar-refractivity contribution >= 4 is 11.8 Å². The molecule has 2 aromatic rings. The van der Waals surface area contributed by atoms with Crippen molar-refractivity contribution in [3.63, 3.8) is 0 Å². The van der Waals surface area contributed by atoms with Gasteiger partial charge in [0.1, 0.15) is 0 Å². The van der Waals surface area contributed by atoms with Crippen LogP contribution < -0.4 is 0 Å². The highest BCUT2D eigenvalue weighted by atomic mass is 16.2. The molecule has 2 amide bonds. The Morgan fingerprint density at radius 1 is 1.19 bits per heavy atom. The lowest BCUT2D eigenvalue weighted by molar-refractivity contribution is -0.132. The van der Waals surface area contributed by atoms with Crippen LogP contribution in [0.15, 0.2) is 36.5 Å². The fourth-order valence-corrected chi connectivity index (χ4v) is 3.97. The molecule has 0 bridgehead atoms. The van der Waals surface area contributed by atoms with Crippen LogP contribution in [0, 0.1) is 0 Å².